The zero-order valence-corrected chi connectivity index (χ0v) is 12.1. The lowest BCUT2D eigenvalue weighted by molar-refractivity contribution is 0.0970. The second-order valence-electron chi connectivity index (χ2n) is 4.33. The van der Waals surface area contributed by atoms with Gasteiger partial charge >= 0.3 is 5.76 Å². The van der Waals surface area contributed by atoms with Crippen molar-refractivity contribution in [2.45, 2.75) is 6.54 Å². The van der Waals surface area contributed by atoms with E-state index < -0.39 is 5.76 Å². The van der Waals surface area contributed by atoms with Gasteiger partial charge < -0.3 is 4.42 Å². The SMILES string of the molecule is O=C(Cn1c(=O)oc2cccnc21)c1ccc(Cl)cc1Cl. The number of carbonyl (C=O) groups excluding carboxylic acids is 1. The van der Waals surface area contributed by atoms with E-state index >= 15 is 0 Å². The fourth-order valence-electron chi connectivity index (χ4n) is 1.98. The van der Waals surface area contributed by atoms with Crippen molar-refractivity contribution in [2.75, 3.05) is 0 Å². The number of ketones is 1. The fourth-order valence-corrected chi connectivity index (χ4v) is 2.50. The van der Waals surface area contributed by atoms with E-state index in [1.165, 1.54) is 22.9 Å². The summed E-state index contributed by atoms with van der Waals surface area (Å²) >= 11 is 11.8. The second-order valence-corrected chi connectivity index (χ2v) is 5.17. The van der Waals surface area contributed by atoms with Gasteiger partial charge in [-0.05, 0) is 30.3 Å². The first kappa shape index (κ1) is 13.9. The van der Waals surface area contributed by atoms with Crippen molar-refractivity contribution in [2.24, 2.45) is 0 Å². The molecule has 1 aromatic carbocycles. The molecule has 0 unspecified atom stereocenters. The van der Waals surface area contributed by atoms with E-state index in [1.54, 1.807) is 18.2 Å². The van der Waals surface area contributed by atoms with Crippen LogP contribution in [0.15, 0.2) is 45.7 Å². The predicted octanol–water partition coefficient (Wildman–Crippen LogP) is 3.18. The smallest absolute Gasteiger partial charge is 0.406 e. The van der Waals surface area contributed by atoms with Crippen molar-refractivity contribution < 1.29 is 9.21 Å². The lowest BCUT2D eigenvalue weighted by Gasteiger charge is -2.04. The van der Waals surface area contributed by atoms with Crippen molar-refractivity contribution in [3.63, 3.8) is 0 Å². The van der Waals surface area contributed by atoms with Crippen LogP contribution in [0, 0.1) is 0 Å². The van der Waals surface area contributed by atoms with Crippen LogP contribution in [0.5, 0.6) is 0 Å². The molecule has 5 nitrogen and oxygen atoms in total. The normalized spacial score (nSPS) is 11.0. The first-order valence-corrected chi connectivity index (χ1v) is 6.74. The van der Waals surface area contributed by atoms with Gasteiger partial charge in [0.1, 0.15) is 0 Å². The standard InChI is InChI=1S/C14H8Cl2N2O3/c15-8-3-4-9(10(16)6-8)11(19)7-18-13-12(21-14(18)20)2-1-5-17-13/h1-6H,7H2. The van der Waals surface area contributed by atoms with E-state index in [-0.39, 0.29) is 17.4 Å². The quantitative estimate of drug-likeness (QED) is 0.695. The highest BCUT2D eigenvalue weighted by atomic mass is 35.5. The first-order chi connectivity index (χ1) is 10.1. The summed E-state index contributed by atoms with van der Waals surface area (Å²) in [6.07, 6.45) is 1.52. The van der Waals surface area contributed by atoms with E-state index in [2.05, 4.69) is 4.98 Å². The third kappa shape index (κ3) is 2.57. The van der Waals surface area contributed by atoms with Crippen LogP contribution >= 0.6 is 23.2 Å². The minimum Gasteiger partial charge on any atom is -0.406 e. The number of nitrogens with zero attached hydrogens (tertiary/aromatic N) is 2. The van der Waals surface area contributed by atoms with Gasteiger partial charge in [-0.3, -0.25) is 9.36 Å². The molecular weight excluding hydrogens is 315 g/mol. The molecule has 0 saturated heterocycles. The van der Waals surface area contributed by atoms with Crippen molar-refractivity contribution in [1.29, 1.82) is 0 Å². The summed E-state index contributed by atoms with van der Waals surface area (Å²) in [6, 6.07) is 7.82. The van der Waals surface area contributed by atoms with Crippen molar-refractivity contribution in [3.8, 4) is 0 Å². The number of fused-ring (bicyclic) bond motifs is 1. The van der Waals surface area contributed by atoms with Crippen LogP contribution in [0.4, 0.5) is 0 Å². The number of benzene rings is 1. The van der Waals surface area contributed by atoms with Gasteiger partial charge in [-0.1, -0.05) is 23.2 Å². The molecule has 0 radical (unpaired) electrons. The molecule has 21 heavy (non-hydrogen) atoms. The molecule has 7 heteroatoms. The molecule has 0 bridgehead atoms. The zero-order chi connectivity index (χ0) is 15.0. The van der Waals surface area contributed by atoms with Gasteiger partial charge in [0.15, 0.2) is 17.0 Å². The molecule has 0 atom stereocenters. The number of oxazole rings is 1. The Morgan fingerprint density at radius 2 is 2.10 bits per heavy atom. The lowest BCUT2D eigenvalue weighted by Crippen LogP contribution is -2.20. The fraction of sp³-hybridized carbons (Fsp3) is 0.0714. The van der Waals surface area contributed by atoms with E-state index in [9.17, 15) is 9.59 Å². The zero-order valence-electron chi connectivity index (χ0n) is 10.5. The van der Waals surface area contributed by atoms with Crippen LogP contribution in [0.3, 0.4) is 0 Å². The van der Waals surface area contributed by atoms with Gasteiger partial charge in [-0.15, -0.1) is 0 Å². The number of hydrogen-bond acceptors (Lipinski definition) is 4. The van der Waals surface area contributed by atoms with Crippen molar-refractivity contribution in [1.82, 2.24) is 9.55 Å². The number of aromatic nitrogens is 2. The molecule has 3 aromatic rings. The maximum absolute atomic E-state index is 12.3. The van der Waals surface area contributed by atoms with Gasteiger partial charge in [-0.2, -0.15) is 0 Å². The minimum atomic E-state index is -0.637. The highest BCUT2D eigenvalue weighted by Crippen LogP contribution is 2.22. The Kier molecular flexibility index (Phi) is 3.53. The molecule has 2 aromatic heterocycles. The van der Waals surface area contributed by atoms with E-state index in [0.29, 0.717) is 21.8 Å². The van der Waals surface area contributed by atoms with Gasteiger partial charge in [0.25, 0.3) is 0 Å². The monoisotopic (exact) mass is 322 g/mol. The van der Waals surface area contributed by atoms with Crippen LogP contribution in [0.25, 0.3) is 11.2 Å². The molecule has 106 valence electrons. The van der Waals surface area contributed by atoms with Gasteiger partial charge in [0, 0.05) is 16.8 Å². The largest absolute Gasteiger partial charge is 0.421 e. The molecule has 0 aliphatic rings. The summed E-state index contributed by atoms with van der Waals surface area (Å²) in [6.45, 7) is -0.204. The van der Waals surface area contributed by atoms with Crippen LogP contribution in [-0.2, 0) is 6.54 Å². The Balaban J connectivity index is 2.00. The second kappa shape index (κ2) is 5.35. The number of pyridine rings is 1. The molecule has 0 aliphatic heterocycles. The number of carbonyl (C=O) groups is 1. The summed E-state index contributed by atoms with van der Waals surface area (Å²) in [4.78, 5) is 28.1. The number of hydrogen-bond donors (Lipinski definition) is 0. The molecule has 0 fully saturated rings. The predicted molar refractivity (Wildman–Crippen MR) is 79.1 cm³/mol. The summed E-state index contributed by atoms with van der Waals surface area (Å²) in [5.41, 5.74) is 0.941. The molecule has 0 saturated carbocycles. The van der Waals surface area contributed by atoms with Crippen LogP contribution < -0.4 is 5.76 Å². The Morgan fingerprint density at radius 3 is 2.86 bits per heavy atom. The number of halogens is 2. The molecular formula is C14H8Cl2N2O3. The number of Topliss-reactive ketones (excluding diaryl/α,β-unsaturated/α-hetero) is 1. The summed E-state index contributed by atoms with van der Waals surface area (Å²) in [7, 11) is 0. The Bertz CT molecular complexity index is 899. The Labute approximate surface area is 128 Å². The van der Waals surface area contributed by atoms with Crippen molar-refractivity contribution >= 4 is 40.2 Å². The molecule has 0 aliphatic carbocycles. The van der Waals surface area contributed by atoms with E-state index in [1.807, 2.05) is 0 Å². The average Bonchev–Trinajstić information content (AvgIpc) is 2.75. The highest BCUT2D eigenvalue weighted by molar-refractivity contribution is 6.36. The van der Waals surface area contributed by atoms with Gasteiger partial charge in [0.05, 0.1) is 11.6 Å². The topological polar surface area (TPSA) is 65.1 Å². The minimum absolute atomic E-state index is 0.204. The molecule has 2 heterocycles. The average molecular weight is 323 g/mol. The molecule has 0 N–H and O–H groups in total. The first-order valence-electron chi connectivity index (χ1n) is 5.99. The van der Waals surface area contributed by atoms with Gasteiger partial charge in [0.2, 0.25) is 0 Å². The summed E-state index contributed by atoms with van der Waals surface area (Å²) in [5.74, 6) is -0.964. The highest BCUT2D eigenvalue weighted by Gasteiger charge is 2.16. The Hall–Kier alpha value is -2.11. The van der Waals surface area contributed by atoms with Crippen LogP contribution in [0.2, 0.25) is 10.0 Å². The summed E-state index contributed by atoms with van der Waals surface area (Å²) < 4.78 is 6.19. The lowest BCUT2D eigenvalue weighted by atomic mass is 10.1. The van der Waals surface area contributed by atoms with E-state index in [0.717, 1.165) is 0 Å². The molecule has 3 rings (SSSR count). The van der Waals surface area contributed by atoms with Gasteiger partial charge in [-0.25, -0.2) is 9.78 Å². The third-order valence-corrected chi connectivity index (χ3v) is 3.51. The van der Waals surface area contributed by atoms with Crippen LogP contribution in [0.1, 0.15) is 10.4 Å². The summed E-state index contributed by atoms with van der Waals surface area (Å²) in [5, 5.41) is 0.672. The maximum Gasteiger partial charge on any atom is 0.421 e. The Morgan fingerprint density at radius 1 is 1.29 bits per heavy atom. The van der Waals surface area contributed by atoms with Crippen LogP contribution in [-0.4, -0.2) is 15.3 Å². The van der Waals surface area contributed by atoms with Crippen molar-refractivity contribution in [3.05, 3.63) is 62.7 Å². The number of rotatable bonds is 3. The van der Waals surface area contributed by atoms with E-state index in [4.69, 9.17) is 27.6 Å². The third-order valence-electron chi connectivity index (χ3n) is 2.96. The maximum atomic E-state index is 12.3. The molecule has 0 spiro atoms. The molecule has 0 amide bonds.